The van der Waals surface area contributed by atoms with Crippen molar-refractivity contribution in [1.29, 1.82) is 0 Å². The summed E-state index contributed by atoms with van der Waals surface area (Å²) in [7, 11) is 0. The number of amides is 1. The topological polar surface area (TPSA) is 81.1 Å². The fraction of sp³-hybridized carbons (Fsp3) is 0.417. The van der Waals surface area contributed by atoms with E-state index in [4.69, 9.17) is 4.98 Å². The van der Waals surface area contributed by atoms with E-state index in [9.17, 15) is 14.4 Å². The highest BCUT2D eigenvalue weighted by Crippen LogP contribution is 2.36. The van der Waals surface area contributed by atoms with Crippen LogP contribution in [0.5, 0.6) is 0 Å². The molecule has 1 unspecified atom stereocenters. The normalized spacial score (nSPS) is 14.0. The Kier molecular flexibility index (Phi) is 6.53. The average molecular weight is 470 g/mol. The van der Waals surface area contributed by atoms with Crippen molar-refractivity contribution in [2.24, 2.45) is 5.92 Å². The van der Waals surface area contributed by atoms with E-state index in [1.165, 1.54) is 23.6 Å². The van der Waals surface area contributed by atoms with Gasteiger partial charge in [-0.3, -0.25) is 19.0 Å². The van der Waals surface area contributed by atoms with Gasteiger partial charge in [0.15, 0.2) is 10.9 Å². The smallest absolute Gasteiger partial charge is 0.267 e. The molecule has 1 atom stereocenters. The number of hydrogen-bond donors (Lipinski definition) is 1. The summed E-state index contributed by atoms with van der Waals surface area (Å²) in [5.41, 5.74) is 2.90. The zero-order valence-corrected chi connectivity index (χ0v) is 20.4. The van der Waals surface area contributed by atoms with E-state index in [2.05, 4.69) is 5.32 Å². The number of Topliss-reactive ketones (excluding diaryl/α,β-unsaturated/α-hetero) is 1. The van der Waals surface area contributed by atoms with Gasteiger partial charge >= 0.3 is 0 Å². The standard InChI is InChI=1S/C24H27N3O3S2/c1-13(2)21(15(4)28)25-19(29)12-31-24-26-22-20(17-6-5-7-18(17)32-22)23(30)27(24)16-10-8-14(3)9-11-16/h8-11,13,21H,5-7,12H2,1-4H3,(H,25,29). The molecule has 0 bridgehead atoms. The van der Waals surface area contributed by atoms with E-state index in [0.717, 1.165) is 40.9 Å². The molecule has 1 aliphatic carbocycles. The van der Waals surface area contributed by atoms with Crippen molar-refractivity contribution < 1.29 is 9.59 Å². The summed E-state index contributed by atoms with van der Waals surface area (Å²) in [6.07, 6.45) is 2.98. The molecule has 3 aromatic rings. The van der Waals surface area contributed by atoms with Crippen LogP contribution >= 0.6 is 23.1 Å². The molecule has 168 valence electrons. The van der Waals surface area contributed by atoms with Crippen LogP contribution in [0.4, 0.5) is 0 Å². The van der Waals surface area contributed by atoms with Crippen LogP contribution in [0.25, 0.3) is 15.9 Å². The van der Waals surface area contributed by atoms with Gasteiger partial charge in [-0.1, -0.05) is 43.3 Å². The Morgan fingerprint density at radius 1 is 1.22 bits per heavy atom. The highest BCUT2D eigenvalue weighted by molar-refractivity contribution is 7.99. The number of fused-ring (bicyclic) bond motifs is 3. The van der Waals surface area contributed by atoms with Crippen LogP contribution in [0.3, 0.4) is 0 Å². The van der Waals surface area contributed by atoms with Gasteiger partial charge in [0.25, 0.3) is 5.56 Å². The van der Waals surface area contributed by atoms with Crippen molar-refractivity contribution in [3.05, 3.63) is 50.6 Å². The van der Waals surface area contributed by atoms with E-state index in [1.807, 2.05) is 45.0 Å². The number of carbonyl (C=O) groups excluding carboxylic acids is 2. The lowest BCUT2D eigenvalue weighted by Gasteiger charge is -2.19. The molecule has 1 aromatic carbocycles. The molecule has 1 amide bonds. The molecule has 6 nitrogen and oxygen atoms in total. The van der Waals surface area contributed by atoms with Crippen LogP contribution in [-0.2, 0) is 22.4 Å². The minimum Gasteiger partial charge on any atom is -0.345 e. The second kappa shape index (κ2) is 9.19. The van der Waals surface area contributed by atoms with Crippen molar-refractivity contribution in [2.45, 2.75) is 58.2 Å². The molecule has 1 N–H and O–H groups in total. The fourth-order valence-electron chi connectivity index (χ4n) is 4.13. The Balaban J connectivity index is 1.71. The summed E-state index contributed by atoms with van der Waals surface area (Å²) in [6.45, 7) is 7.29. The van der Waals surface area contributed by atoms with Gasteiger partial charge in [-0.15, -0.1) is 11.3 Å². The molecule has 1 aliphatic rings. The van der Waals surface area contributed by atoms with Gasteiger partial charge in [0, 0.05) is 4.88 Å². The number of rotatable bonds is 7. The van der Waals surface area contributed by atoms with E-state index in [-0.39, 0.29) is 28.9 Å². The maximum atomic E-state index is 13.6. The molecular formula is C24H27N3O3S2. The molecule has 0 radical (unpaired) electrons. The SMILES string of the molecule is CC(=O)C(NC(=O)CSc1nc2sc3c(c2c(=O)n1-c1ccc(C)cc1)CCC3)C(C)C. The zero-order chi connectivity index (χ0) is 23.0. The lowest BCUT2D eigenvalue weighted by atomic mass is 10.0. The van der Waals surface area contributed by atoms with Crippen LogP contribution in [0.2, 0.25) is 0 Å². The maximum Gasteiger partial charge on any atom is 0.267 e. The average Bonchev–Trinajstić information content (AvgIpc) is 3.32. The third kappa shape index (κ3) is 4.38. The van der Waals surface area contributed by atoms with Gasteiger partial charge in [-0.2, -0.15) is 0 Å². The summed E-state index contributed by atoms with van der Waals surface area (Å²) in [5.74, 6) is -0.231. The van der Waals surface area contributed by atoms with Crippen LogP contribution < -0.4 is 10.9 Å². The number of thioether (sulfide) groups is 1. The number of nitrogens with zero attached hydrogens (tertiary/aromatic N) is 2. The summed E-state index contributed by atoms with van der Waals surface area (Å²) >= 11 is 2.82. The largest absolute Gasteiger partial charge is 0.345 e. The third-order valence-corrected chi connectivity index (χ3v) is 7.88. The minimum absolute atomic E-state index is 0.00941. The number of aryl methyl sites for hydroxylation is 3. The number of ketones is 1. The number of thiophene rings is 1. The summed E-state index contributed by atoms with van der Waals surface area (Å²) in [5, 5.41) is 4.02. The molecule has 0 aliphatic heterocycles. The minimum atomic E-state index is -0.516. The Morgan fingerprint density at radius 3 is 2.59 bits per heavy atom. The summed E-state index contributed by atoms with van der Waals surface area (Å²) in [6, 6.07) is 7.23. The first-order valence-electron chi connectivity index (χ1n) is 10.8. The van der Waals surface area contributed by atoms with Gasteiger partial charge in [-0.25, -0.2) is 4.98 Å². The van der Waals surface area contributed by atoms with Gasteiger partial charge < -0.3 is 5.32 Å². The lowest BCUT2D eigenvalue weighted by Crippen LogP contribution is -2.44. The van der Waals surface area contributed by atoms with Crippen LogP contribution in [0.15, 0.2) is 34.2 Å². The highest BCUT2D eigenvalue weighted by atomic mass is 32.2. The van der Waals surface area contributed by atoms with Crippen LogP contribution in [-0.4, -0.2) is 33.0 Å². The van der Waals surface area contributed by atoms with Crippen LogP contribution in [0.1, 0.15) is 43.2 Å². The molecule has 0 spiro atoms. The van der Waals surface area contributed by atoms with Crippen molar-refractivity contribution in [2.75, 3.05) is 5.75 Å². The van der Waals surface area contributed by atoms with E-state index >= 15 is 0 Å². The first kappa shape index (κ1) is 22.7. The monoisotopic (exact) mass is 469 g/mol. The van der Waals surface area contributed by atoms with Crippen molar-refractivity contribution >= 4 is 45.0 Å². The number of aromatic nitrogens is 2. The van der Waals surface area contributed by atoms with Gasteiger partial charge in [-0.05, 0) is 56.7 Å². The molecule has 0 saturated heterocycles. The van der Waals surface area contributed by atoms with Crippen molar-refractivity contribution in [3.63, 3.8) is 0 Å². The Labute approximate surface area is 195 Å². The predicted octanol–water partition coefficient (Wildman–Crippen LogP) is 4.07. The second-order valence-corrected chi connectivity index (χ2v) is 10.6. The number of nitrogens with one attached hydrogen (secondary N) is 1. The van der Waals surface area contributed by atoms with E-state index in [0.29, 0.717) is 10.5 Å². The Morgan fingerprint density at radius 2 is 1.94 bits per heavy atom. The fourth-order valence-corrected chi connectivity index (χ4v) is 6.25. The molecule has 2 aromatic heterocycles. The Bertz CT molecular complexity index is 1240. The number of hydrogen-bond acceptors (Lipinski definition) is 6. The van der Waals surface area contributed by atoms with E-state index in [1.54, 1.807) is 15.9 Å². The van der Waals surface area contributed by atoms with E-state index < -0.39 is 6.04 Å². The number of benzene rings is 1. The molecule has 2 heterocycles. The quantitative estimate of drug-likeness (QED) is 0.417. The van der Waals surface area contributed by atoms with Crippen molar-refractivity contribution in [3.8, 4) is 5.69 Å². The zero-order valence-electron chi connectivity index (χ0n) is 18.7. The molecule has 8 heteroatoms. The predicted molar refractivity (Wildman–Crippen MR) is 130 cm³/mol. The van der Waals surface area contributed by atoms with Crippen molar-refractivity contribution in [1.82, 2.24) is 14.9 Å². The molecular weight excluding hydrogens is 442 g/mol. The molecule has 0 fully saturated rings. The summed E-state index contributed by atoms with van der Waals surface area (Å²) in [4.78, 5) is 44.9. The molecule has 0 saturated carbocycles. The highest BCUT2D eigenvalue weighted by Gasteiger charge is 2.25. The van der Waals surface area contributed by atoms with Gasteiger partial charge in [0.2, 0.25) is 5.91 Å². The first-order valence-corrected chi connectivity index (χ1v) is 12.6. The lowest BCUT2D eigenvalue weighted by molar-refractivity contribution is -0.126. The first-order chi connectivity index (χ1) is 15.3. The molecule has 32 heavy (non-hydrogen) atoms. The van der Waals surface area contributed by atoms with Crippen LogP contribution in [0, 0.1) is 12.8 Å². The Hall–Kier alpha value is -2.45. The molecule has 4 rings (SSSR count). The number of carbonyl (C=O) groups is 2. The maximum absolute atomic E-state index is 13.6. The van der Waals surface area contributed by atoms with Gasteiger partial charge in [0.05, 0.1) is 22.9 Å². The second-order valence-electron chi connectivity index (χ2n) is 8.60. The third-order valence-electron chi connectivity index (χ3n) is 5.75. The van der Waals surface area contributed by atoms with Gasteiger partial charge in [0.1, 0.15) is 4.83 Å². The summed E-state index contributed by atoms with van der Waals surface area (Å²) < 4.78 is 1.62.